The van der Waals surface area contributed by atoms with E-state index in [-0.39, 0.29) is 11.8 Å². The van der Waals surface area contributed by atoms with Crippen molar-refractivity contribution in [3.05, 3.63) is 59.7 Å². The third kappa shape index (κ3) is 3.91. The van der Waals surface area contributed by atoms with Gasteiger partial charge in [0, 0.05) is 5.92 Å². The maximum atomic E-state index is 13.4. The highest BCUT2D eigenvalue weighted by molar-refractivity contribution is 7.22. The predicted molar refractivity (Wildman–Crippen MR) is 113 cm³/mol. The molecule has 1 aliphatic rings. The van der Waals surface area contributed by atoms with Gasteiger partial charge < -0.3 is 0 Å². The fourth-order valence-electron chi connectivity index (χ4n) is 3.97. The summed E-state index contributed by atoms with van der Waals surface area (Å²) in [5.74, 6) is 0.385. The van der Waals surface area contributed by atoms with Crippen LogP contribution in [0.3, 0.4) is 0 Å². The second kappa shape index (κ2) is 8.22. The Morgan fingerprint density at radius 2 is 1.85 bits per heavy atom. The van der Waals surface area contributed by atoms with E-state index in [0.29, 0.717) is 6.54 Å². The Hall–Kier alpha value is -2.20. The van der Waals surface area contributed by atoms with Crippen LogP contribution in [0.15, 0.2) is 48.5 Å². The van der Waals surface area contributed by atoms with Gasteiger partial charge in [0.05, 0.1) is 16.8 Å². The minimum atomic E-state index is 0.139. The number of anilines is 1. The molecule has 3 nitrogen and oxygen atoms in total. The minimum absolute atomic E-state index is 0.139. The van der Waals surface area contributed by atoms with Crippen molar-refractivity contribution in [2.45, 2.75) is 52.0 Å². The first-order valence-electron chi connectivity index (χ1n) is 10.00. The number of rotatable bonds is 5. The summed E-state index contributed by atoms with van der Waals surface area (Å²) in [4.78, 5) is 20.3. The molecule has 4 heteroatoms. The van der Waals surface area contributed by atoms with Crippen molar-refractivity contribution in [2.24, 2.45) is 5.92 Å². The van der Waals surface area contributed by atoms with Crippen molar-refractivity contribution in [2.75, 3.05) is 4.90 Å². The largest absolute Gasteiger partial charge is 0.283 e. The maximum absolute atomic E-state index is 13.4. The first kappa shape index (κ1) is 18.2. The number of aromatic nitrogens is 1. The molecule has 0 N–H and O–H groups in total. The lowest BCUT2D eigenvalue weighted by atomic mass is 9.88. The Labute approximate surface area is 165 Å². The van der Waals surface area contributed by atoms with Gasteiger partial charge in [0.2, 0.25) is 5.91 Å². The zero-order chi connectivity index (χ0) is 18.6. The molecule has 1 aromatic heterocycles. The molecule has 2 aromatic carbocycles. The van der Waals surface area contributed by atoms with E-state index in [1.807, 2.05) is 23.1 Å². The molecule has 140 valence electrons. The quantitative estimate of drug-likeness (QED) is 0.548. The number of aryl methyl sites for hydroxylation is 1. The summed E-state index contributed by atoms with van der Waals surface area (Å²) in [6.07, 6.45) is 6.55. The van der Waals surface area contributed by atoms with Crippen LogP contribution in [0.4, 0.5) is 5.13 Å². The SMILES string of the molecule is CCc1cccc2sc(N(Cc3ccccc3)C(=O)C3CCCCC3)nc12. The molecule has 27 heavy (non-hydrogen) atoms. The topological polar surface area (TPSA) is 33.2 Å². The number of hydrogen-bond acceptors (Lipinski definition) is 3. The van der Waals surface area contributed by atoms with Crippen molar-refractivity contribution < 1.29 is 4.79 Å². The predicted octanol–water partition coefficient (Wildman–Crippen LogP) is 5.97. The summed E-state index contributed by atoms with van der Waals surface area (Å²) in [5.41, 5.74) is 3.45. The van der Waals surface area contributed by atoms with Crippen molar-refractivity contribution in [1.29, 1.82) is 0 Å². The van der Waals surface area contributed by atoms with Crippen LogP contribution in [0.1, 0.15) is 50.2 Å². The molecule has 0 atom stereocenters. The molecule has 0 spiro atoms. The van der Waals surface area contributed by atoms with Gasteiger partial charge >= 0.3 is 0 Å². The normalized spacial score (nSPS) is 15.1. The van der Waals surface area contributed by atoms with Gasteiger partial charge in [-0.3, -0.25) is 9.69 Å². The summed E-state index contributed by atoms with van der Waals surface area (Å²) in [6.45, 7) is 2.75. The maximum Gasteiger partial charge on any atom is 0.232 e. The van der Waals surface area contributed by atoms with E-state index in [0.717, 1.165) is 48.3 Å². The lowest BCUT2D eigenvalue weighted by Gasteiger charge is -2.27. The van der Waals surface area contributed by atoms with Gasteiger partial charge in [-0.15, -0.1) is 0 Å². The van der Waals surface area contributed by atoms with Crippen LogP contribution < -0.4 is 4.90 Å². The van der Waals surface area contributed by atoms with Gasteiger partial charge in [0.25, 0.3) is 0 Å². The van der Waals surface area contributed by atoms with Crippen LogP contribution in [0.2, 0.25) is 0 Å². The lowest BCUT2D eigenvalue weighted by molar-refractivity contribution is -0.123. The summed E-state index contributed by atoms with van der Waals surface area (Å²) < 4.78 is 1.17. The van der Waals surface area contributed by atoms with Crippen molar-refractivity contribution >= 4 is 32.6 Å². The summed E-state index contributed by atoms with van der Waals surface area (Å²) in [7, 11) is 0. The van der Waals surface area contributed by atoms with E-state index < -0.39 is 0 Å². The third-order valence-corrected chi connectivity index (χ3v) is 6.55. The van der Waals surface area contributed by atoms with E-state index >= 15 is 0 Å². The Morgan fingerprint density at radius 3 is 2.59 bits per heavy atom. The van der Waals surface area contributed by atoms with E-state index in [2.05, 4.69) is 37.3 Å². The first-order chi connectivity index (χ1) is 13.3. The zero-order valence-corrected chi connectivity index (χ0v) is 16.7. The van der Waals surface area contributed by atoms with Crippen molar-refractivity contribution in [1.82, 2.24) is 4.98 Å². The van der Waals surface area contributed by atoms with Crippen LogP contribution in [-0.2, 0) is 17.8 Å². The van der Waals surface area contributed by atoms with Crippen LogP contribution in [0, 0.1) is 5.92 Å². The molecule has 1 aliphatic carbocycles. The summed E-state index contributed by atoms with van der Waals surface area (Å²) in [6, 6.07) is 16.6. The van der Waals surface area contributed by atoms with Gasteiger partial charge in [-0.2, -0.15) is 0 Å². The number of benzene rings is 2. The number of fused-ring (bicyclic) bond motifs is 1. The molecule has 1 amide bonds. The zero-order valence-electron chi connectivity index (χ0n) is 15.9. The molecule has 1 heterocycles. The van der Waals surface area contributed by atoms with Gasteiger partial charge in [0.15, 0.2) is 5.13 Å². The van der Waals surface area contributed by atoms with E-state index in [1.54, 1.807) is 11.3 Å². The number of carbonyl (C=O) groups is 1. The molecular weight excluding hydrogens is 352 g/mol. The average Bonchev–Trinajstić information content (AvgIpc) is 3.17. The van der Waals surface area contributed by atoms with E-state index in [9.17, 15) is 4.79 Å². The number of hydrogen-bond donors (Lipinski definition) is 0. The molecule has 1 saturated carbocycles. The van der Waals surface area contributed by atoms with Crippen LogP contribution in [-0.4, -0.2) is 10.9 Å². The molecule has 1 fully saturated rings. The third-order valence-electron chi connectivity index (χ3n) is 5.51. The molecule has 4 rings (SSSR count). The standard InChI is InChI=1S/C23H26N2OS/c1-2-18-14-9-15-20-21(18)24-23(27-20)25(16-17-10-5-3-6-11-17)22(26)19-12-7-4-8-13-19/h3,5-6,9-11,14-15,19H,2,4,7-8,12-13,16H2,1H3. The van der Waals surface area contributed by atoms with Crippen LogP contribution >= 0.6 is 11.3 Å². The number of thiazole rings is 1. The Kier molecular flexibility index (Phi) is 5.53. The number of carbonyl (C=O) groups excluding carboxylic acids is 1. The van der Waals surface area contributed by atoms with Gasteiger partial charge in [-0.25, -0.2) is 4.98 Å². The van der Waals surface area contributed by atoms with E-state index in [4.69, 9.17) is 4.98 Å². The Morgan fingerprint density at radius 1 is 1.07 bits per heavy atom. The molecule has 0 radical (unpaired) electrons. The highest BCUT2D eigenvalue weighted by atomic mass is 32.1. The fourth-order valence-corrected chi connectivity index (χ4v) is 4.99. The fraction of sp³-hybridized carbons (Fsp3) is 0.391. The van der Waals surface area contributed by atoms with Crippen LogP contribution in [0.5, 0.6) is 0 Å². The highest BCUT2D eigenvalue weighted by Crippen LogP contribution is 2.34. The molecule has 3 aromatic rings. The smallest absolute Gasteiger partial charge is 0.232 e. The van der Waals surface area contributed by atoms with Crippen LogP contribution in [0.25, 0.3) is 10.2 Å². The summed E-state index contributed by atoms with van der Waals surface area (Å²) >= 11 is 1.64. The number of para-hydroxylation sites is 1. The first-order valence-corrected chi connectivity index (χ1v) is 10.8. The molecule has 0 aliphatic heterocycles. The molecule has 0 unspecified atom stereocenters. The van der Waals surface area contributed by atoms with Crippen molar-refractivity contribution in [3.8, 4) is 0 Å². The number of amides is 1. The Balaban J connectivity index is 1.71. The molecule has 0 saturated heterocycles. The molecular formula is C23H26N2OS. The van der Waals surface area contributed by atoms with E-state index in [1.165, 1.54) is 16.7 Å². The Bertz CT molecular complexity index is 913. The number of nitrogens with zero attached hydrogens (tertiary/aromatic N) is 2. The second-order valence-corrected chi connectivity index (χ2v) is 8.37. The monoisotopic (exact) mass is 378 g/mol. The van der Waals surface area contributed by atoms with Crippen molar-refractivity contribution in [3.63, 3.8) is 0 Å². The highest BCUT2D eigenvalue weighted by Gasteiger charge is 2.29. The molecule has 0 bridgehead atoms. The lowest BCUT2D eigenvalue weighted by Crippen LogP contribution is -2.36. The van der Waals surface area contributed by atoms with Gasteiger partial charge in [0.1, 0.15) is 0 Å². The van der Waals surface area contributed by atoms with Gasteiger partial charge in [-0.05, 0) is 36.5 Å². The second-order valence-electron chi connectivity index (χ2n) is 7.36. The van der Waals surface area contributed by atoms with Gasteiger partial charge in [-0.1, -0.05) is 80.0 Å². The minimum Gasteiger partial charge on any atom is -0.283 e. The average molecular weight is 379 g/mol. The summed E-state index contributed by atoms with van der Waals surface area (Å²) in [5, 5.41) is 0.838.